The van der Waals surface area contributed by atoms with E-state index in [4.69, 9.17) is 8.83 Å². The zero-order chi connectivity index (χ0) is 20.2. The first kappa shape index (κ1) is 18.6. The van der Waals surface area contributed by atoms with E-state index in [1.54, 1.807) is 23.1 Å². The number of benzene rings is 1. The van der Waals surface area contributed by atoms with Crippen LogP contribution in [0.2, 0.25) is 0 Å². The van der Waals surface area contributed by atoms with Crippen LogP contribution in [0.25, 0.3) is 17.2 Å². The second-order valence-electron chi connectivity index (χ2n) is 6.77. The lowest BCUT2D eigenvalue weighted by Crippen LogP contribution is -2.48. The summed E-state index contributed by atoms with van der Waals surface area (Å²) in [6.45, 7) is 4.14. The quantitative estimate of drug-likeness (QED) is 0.635. The van der Waals surface area contributed by atoms with Gasteiger partial charge in [0, 0.05) is 32.3 Å². The van der Waals surface area contributed by atoms with Crippen LogP contribution in [0.1, 0.15) is 18.2 Å². The van der Waals surface area contributed by atoms with E-state index in [2.05, 4.69) is 11.1 Å². The average molecular weight is 388 g/mol. The molecule has 1 aromatic carbocycles. The van der Waals surface area contributed by atoms with Crippen LogP contribution >= 0.6 is 0 Å². The first-order valence-corrected chi connectivity index (χ1v) is 9.38. The minimum atomic E-state index is -0.0136. The zero-order valence-corrected chi connectivity index (χ0v) is 16.0. The van der Waals surface area contributed by atoms with Crippen molar-refractivity contribution >= 4 is 17.4 Å². The third-order valence-electron chi connectivity index (χ3n) is 4.89. The van der Waals surface area contributed by atoms with E-state index < -0.39 is 0 Å². The van der Waals surface area contributed by atoms with Gasteiger partial charge in [0.2, 0.25) is 17.5 Å². The Morgan fingerprint density at radius 1 is 1.14 bits per heavy atom. The van der Waals surface area contributed by atoms with Crippen molar-refractivity contribution in [1.29, 1.82) is 5.26 Å². The SMILES string of the molecule is C/C(=C\C(=O)N1CCN(c2oc(-c3ccco3)nc2C#N)CC1)c1ccccc1. The summed E-state index contributed by atoms with van der Waals surface area (Å²) in [4.78, 5) is 20.6. The number of hydrogen-bond acceptors (Lipinski definition) is 6. The van der Waals surface area contributed by atoms with E-state index in [1.807, 2.05) is 42.2 Å². The number of hydrogen-bond donors (Lipinski definition) is 0. The second-order valence-corrected chi connectivity index (χ2v) is 6.77. The highest BCUT2D eigenvalue weighted by molar-refractivity contribution is 5.95. The summed E-state index contributed by atoms with van der Waals surface area (Å²) in [6.07, 6.45) is 3.20. The molecule has 1 amide bonds. The number of oxazole rings is 1. The average Bonchev–Trinajstić information content (AvgIpc) is 3.44. The number of nitriles is 1. The van der Waals surface area contributed by atoms with Gasteiger partial charge in [0.05, 0.1) is 6.26 Å². The Balaban J connectivity index is 1.43. The summed E-state index contributed by atoms with van der Waals surface area (Å²) in [5, 5.41) is 9.41. The predicted octanol–water partition coefficient (Wildman–Crippen LogP) is 3.56. The van der Waals surface area contributed by atoms with E-state index in [0.717, 1.165) is 11.1 Å². The van der Waals surface area contributed by atoms with Gasteiger partial charge in [-0.1, -0.05) is 30.3 Å². The minimum absolute atomic E-state index is 0.0136. The molecule has 3 aromatic rings. The number of piperazine rings is 1. The number of nitrogens with zero attached hydrogens (tertiary/aromatic N) is 4. The molecule has 0 spiro atoms. The summed E-state index contributed by atoms with van der Waals surface area (Å²) in [5.41, 5.74) is 2.18. The molecule has 1 fully saturated rings. The maximum atomic E-state index is 12.6. The largest absolute Gasteiger partial charge is 0.459 e. The van der Waals surface area contributed by atoms with Gasteiger partial charge < -0.3 is 18.6 Å². The number of amides is 1. The molecule has 0 unspecified atom stereocenters. The summed E-state index contributed by atoms with van der Waals surface area (Å²) in [6, 6.07) is 15.4. The van der Waals surface area contributed by atoms with Crippen LogP contribution in [-0.4, -0.2) is 42.0 Å². The van der Waals surface area contributed by atoms with Gasteiger partial charge in [0.15, 0.2) is 5.76 Å². The highest BCUT2D eigenvalue weighted by Crippen LogP contribution is 2.29. The Morgan fingerprint density at radius 2 is 1.90 bits per heavy atom. The van der Waals surface area contributed by atoms with Crippen molar-refractivity contribution in [3.63, 3.8) is 0 Å². The van der Waals surface area contributed by atoms with Crippen LogP contribution in [0.15, 0.2) is 63.6 Å². The molecular formula is C22H20N4O3. The van der Waals surface area contributed by atoms with E-state index in [0.29, 0.717) is 37.8 Å². The molecule has 7 nitrogen and oxygen atoms in total. The summed E-state index contributed by atoms with van der Waals surface area (Å²) in [5.74, 6) is 1.16. The van der Waals surface area contributed by atoms with E-state index in [-0.39, 0.29) is 17.5 Å². The van der Waals surface area contributed by atoms with Crippen LogP contribution in [0.3, 0.4) is 0 Å². The fourth-order valence-corrected chi connectivity index (χ4v) is 3.30. The van der Waals surface area contributed by atoms with Crippen molar-refractivity contribution in [2.75, 3.05) is 31.1 Å². The highest BCUT2D eigenvalue weighted by atomic mass is 16.4. The zero-order valence-electron chi connectivity index (χ0n) is 16.0. The first-order valence-electron chi connectivity index (χ1n) is 9.38. The summed E-state index contributed by atoms with van der Waals surface area (Å²) in [7, 11) is 0. The van der Waals surface area contributed by atoms with Crippen molar-refractivity contribution < 1.29 is 13.6 Å². The monoisotopic (exact) mass is 388 g/mol. The molecule has 146 valence electrons. The first-order chi connectivity index (χ1) is 14.2. The maximum absolute atomic E-state index is 12.6. The van der Waals surface area contributed by atoms with Gasteiger partial charge in [-0.25, -0.2) is 0 Å². The fourth-order valence-electron chi connectivity index (χ4n) is 3.30. The fraction of sp³-hybridized carbons (Fsp3) is 0.227. The van der Waals surface area contributed by atoms with Crippen molar-refractivity contribution in [3.05, 3.63) is 66.1 Å². The molecule has 1 saturated heterocycles. The second kappa shape index (κ2) is 8.07. The number of carbonyl (C=O) groups is 1. The van der Waals surface area contributed by atoms with Crippen molar-refractivity contribution in [3.8, 4) is 17.7 Å². The Morgan fingerprint density at radius 3 is 2.55 bits per heavy atom. The molecule has 0 radical (unpaired) electrons. The lowest BCUT2D eigenvalue weighted by molar-refractivity contribution is -0.126. The molecular weight excluding hydrogens is 368 g/mol. The predicted molar refractivity (Wildman–Crippen MR) is 108 cm³/mol. The van der Waals surface area contributed by atoms with E-state index in [1.165, 1.54) is 6.26 Å². The maximum Gasteiger partial charge on any atom is 0.266 e. The van der Waals surface area contributed by atoms with Gasteiger partial charge in [0.25, 0.3) is 5.89 Å². The van der Waals surface area contributed by atoms with Gasteiger partial charge in [-0.05, 0) is 30.2 Å². The smallest absolute Gasteiger partial charge is 0.266 e. The number of carbonyl (C=O) groups excluding carboxylic acids is 1. The Kier molecular flexibility index (Phi) is 5.16. The molecule has 0 saturated carbocycles. The Bertz CT molecular complexity index is 1050. The number of rotatable bonds is 4. The summed E-state index contributed by atoms with van der Waals surface area (Å²) >= 11 is 0. The van der Waals surface area contributed by atoms with Gasteiger partial charge in [-0.15, -0.1) is 0 Å². The van der Waals surface area contributed by atoms with Crippen LogP contribution in [-0.2, 0) is 4.79 Å². The van der Waals surface area contributed by atoms with Crippen LogP contribution in [0, 0.1) is 11.3 Å². The molecule has 4 rings (SSSR count). The molecule has 0 atom stereocenters. The molecule has 1 aliphatic heterocycles. The molecule has 3 heterocycles. The number of aromatic nitrogens is 1. The van der Waals surface area contributed by atoms with E-state index in [9.17, 15) is 10.1 Å². The third-order valence-corrected chi connectivity index (χ3v) is 4.89. The van der Waals surface area contributed by atoms with Crippen molar-refractivity contribution in [2.24, 2.45) is 0 Å². The lowest BCUT2D eigenvalue weighted by atomic mass is 10.1. The molecule has 0 N–H and O–H groups in total. The van der Waals surface area contributed by atoms with Crippen molar-refractivity contribution in [1.82, 2.24) is 9.88 Å². The normalized spacial score (nSPS) is 14.7. The van der Waals surface area contributed by atoms with Gasteiger partial charge in [0.1, 0.15) is 6.07 Å². The minimum Gasteiger partial charge on any atom is -0.459 e. The van der Waals surface area contributed by atoms with Gasteiger partial charge in [-0.2, -0.15) is 10.2 Å². The van der Waals surface area contributed by atoms with Crippen molar-refractivity contribution in [2.45, 2.75) is 6.92 Å². The number of furan rings is 1. The summed E-state index contributed by atoms with van der Waals surface area (Å²) < 4.78 is 11.1. The molecule has 1 aliphatic rings. The number of allylic oxidation sites excluding steroid dienone is 1. The topological polar surface area (TPSA) is 86.5 Å². The van der Waals surface area contributed by atoms with Gasteiger partial charge >= 0.3 is 0 Å². The molecule has 0 aliphatic carbocycles. The van der Waals surface area contributed by atoms with Crippen LogP contribution in [0.4, 0.5) is 5.88 Å². The third kappa shape index (κ3) is 3.92. The van der Waals surface area contributed by atoms with Crippen LogP contribution in [0.5, 0.6) is 0 Å². The Labute approximate surface area is 168 Å². The molecule has 29 heavy (non-hydrogen) atoms. The molecule has 0 bridgehead atoms. The van der Waals surface area contributed by atoms with Crippen LogP contribution < -0.4 is 4.90 Å². The standard InChI is InChI=1S/C22H20N4O3/c1-16(17-6-3-2-4-7-17)14-20(27)25-9-11-26(12-10-25)22-18(15-23)24-21(29-22)19-8-5-13-28-19/h2-8,13-14H,9-12H2,1H3/b16-14+. The van der Waals surface area contributed by atoms with Gasteiger partial charge in [-0.3, -0.25) is 4.79 Å². The highest BCUT2D eigenvalue weighted by Gasteiger charge is 2.26. The van der Waals surface area contributed by atoms with E-state index >= 15 is 0 Å². The Hall–Kier alpha value is -3.79. The lowest BCUT2D eigenvalue weighted by Gasteiger charge is -2.34. The number of anilines is 1. The molecule has 7 heteroatoms. The molecule has 2 aromatic heterocycles.